The Morgan fingerprint density at radius 3 is 2.54 bits per heavy atom. The zero-order chi connectivity index (χ0) is 24.9. The normalized spacial score (nSPS) is 12.6. The summed E-state index contributed by atoms with van der Waals surface area (Å²) in [6.07, 6.45) is 2.11. The summed E-state index contributed by atoms with van der Waals surface area (Å²) in [4.78, 5) is 39.5. The number of nitrogens with one attached hydrogen (secondary N) is 1. The molecule has 2 aromatic carbocycles. The largest absolute Gasteiger partial charge is 0.493 e. The highest BCUT2D eigenvalue weighted by Gasteiger charge is 2.35. The molecule has 1 aromatic heterocycles. The number of carbonyl (C=O) groups is 3. The Balaban J connectivity index is 1.51. The number of methoxy groups -OCH3 is 3. The van der Waals surface area contributed by atoms with E-state index < -0.39 is 11.8 Å². The predicted octanol–water partition coefficient (Wildman–Crippen LogP) is 2.83. The van der Waals surface area contributed by atoms with E-state index in [1.807, 2.05) is 12.1 Å². The summed E-state index contributed by atoms with van der Waals surface area (Å²) in [5.74, 6) is 0.439. The highest BCUT2D eigenvalue weighted by atomic mass is 16.5. The second-order valence-corrected chi connectivity index (χ2v) is 7.85. The van der Waals surface area contributed by atoms with Gasteiger partial charge in [0.15, 0.2) is 11.5 Å². The fourth-order valence-corrected chi connectivity index (χ4v) is 3.99. The van der Waals surface area contributed by atoms with Crippen LogP contribution in [0.1, 0.15) is 43.1 Å². The Bertz CT molecular complexity index is 1270. The number of benzene rings is 2. The topological polar surface area (TPSA) is 112 Å². The third-order valence-corrected chi connectivity index (χ3v) is 5.73. The third-order valence-electron chi connectivity index (χ3n) is 5.73. The lowest BCUT2D eigenvalue weighted by molar-refractivity contribution is 0.0638. The molecule has 182 valence electrons. The summed E-state index contributed by atoms with van der Waals surface area (Å²) in [7, 11) is 4.69. The van der Waals surface area contributed by atoms with Crippen LogP contribution in [-0.4, -0.2) is 66.9 Å². The predicted molar refractivity (Wildman–Crippen MR) is 127 cm³/mol. The van der Waals surface area contributed by atoms with Crippen molar-refractivity contribution in [1.29, 1.82) is 0 Å². The molecular formula is C25H26N4O6. The first-order chi connectivity index (χ1) is 17.0. The van der Waals surface area contributed by atoms with Crippen molar-refractivity contribution in [2.75, 3.05) is 39.8 Å². The summed E-state index contributed by atoms with van der Waals surface area (Å²) in [6, 6.07) is 11.7. The maximum Gasteiger partial charge on any atom is 0.261 e. The van der Waals surface area contributed by atoms with Gasteiger partial charge in [-0.1, -0.05) is 12.1 Å². The lowest BCUT2D eigenvalue weighted by Crippen LogP contribution is -2.31. The zero-order valence-electron chi connectivity index (χ0n) is 19.7. The first kappa shape index (κ1) is 24.0. The van der Waals surface area contributed by atoms with Gasteiger partial charge in [0.1, 0.15) is 5.82 Å². The number of fused-ring (bicyclic) bond motifs is 1. The van der Waals surface area contributed by atoms with Crippen molar-refractivity contribution in [2.24, 2.45) is 0 Å². The summed E-state index contributed by atoms with van der Waals surface area (Å²) in [6.45, 7) is 1.03. The van der Waals surface area contributed by atoms with Gasteiger partial charge in [-0.15, -0.1) is 0 Å². The van der Waals surface area contributed by atoms with Crippen LogP contribution in [0.2, 0.25) is 0 Å². The number of hydrogen-bond acceptors (Lipinski definition) is 7. The quantitative estimate of drug-likeness (QED) is 0.352. The number of rotatable bonds is 10. The van der Waals surface area contributed by atoms with E-state index in [0.29, 0.717) is 42.5 Å². The van der Waals surface area contributed by atoms with Gasteiger partial charge in [0.25, 0.3) is 17.7 Å². The van der Waals surface area contributed by atoms with Gasteiger partial charge in [-0.25, -0.2) is 4.68 Å². The molecule has 0 unspecified atom stereocenters. The Morgan fingerprint density at radius 1 is 1.00 bits per heavy atom. The van der Waals surface area contributed by atoms with Crippen LogP contribution < -0.4 is 14.8 Å². The molecule has 0 radical (unpaired) electrons. The molecule has 0 bridgehead atoms. The molecule has 0 atom stereocenters. The average molecular weight is 479 g/mol. The maximum atomic E-state index is 13.0. The van der Waals surface area contributed by atoms with Crippen LogP contribution in [0.25, 0.3) is 0 Å². The van der Waals surface area contributed by atoms with Crippen molar-refractivity contribution in [2.45, 2.75) is 13.0 Å². The fraction of sp³-hybridized carbons (Fsp3) is 0.280. The number of amides is 3. The molecule has 4 rings (SSSR count). The van der Waals surface area contributed by atoms with Crippen LogP contribution >= 0.6 is 0 Å². The maximum absolute atomic E-state index is 13.0. The molecule has 2 heterocycles. The molecular weight excluding hydrogens is 452 g/mol. The lowest BCUT2D eigenvalue weighted by Gasteiger charge is -2.14. The number of carbonyl (C=O) groups excluding carboxylic acids is 3. The molecule has 1 N–H and O–H groups in total. The first-order valence-electron chi connectivity index (χ1n) is 11.0. The fourth-order valence-electron chi connectivity index (χ4n) is 3.99. The third kappa shape index (κ3) is 4.73. The van der Waals surface area contributed by atoms with Crippen molar-refractivity contribution in [3.8, 4) is 11.5 Å². The Kier molecular flexibility index (Phi) is 7.11. The van der Waals surface area contributed by atoms with Gasteiger partial charge >= 0.3 is 0 Å². The standard InChI is InChI=1S/C25H26N4O6/c1-33-13-5-12-28-24(31)18-9-8-16(14-19(18)25(28)32)23(30)27-21-10-11-26-29(21)15-17-6-4-7-20(34-2)22(17)35-3/h4,6-11,14H,5,12-13,15H2,1-3H3,(H,27,30). The number of anilines is 1. The molecule has 0 saturated carbocycles. The van der Waals surface area contributed by atoms with Crippen molar-refractivity contribution in [3.63, 3.8) is 0 Å². The molecule has 1 aliphatic rings. The van der Waals surface area contributed by atoms with Crippen molar-refractivity contribution in [3.05, 3.63) is 70.9 Å². The van der Waals surface area contributed by atoms with Gasteiger partial charge in [0.05, 0.1) is 38.1 Å². The molecule has 3 amide bonds. The van der Waals surface area contributed by atoms with Gasteiger partial charge in [-0.2, -0.15) is 5.10 Å². The van der Waals surface area contributed by atoms with Crippen molar-refractivity contribution < 1.29 is 28.6 Å². The minimum atomic E-state index is -0.426. The number of imide groups is 1. The van der Waals surface area contributed by atoms with Crippen LogP contribution in [0.5, 0.6) is 11.5 Å². The molecule has 0 fully saturated rings. The highest BCUT2D eigenvalue weighted by Crippen LogP contribution is 2.31. The SMILES string of the molecule is COCCCN1C(=O)c2ccc(C(=O)Nc3ccnn3Cc3cccc(OC)c3OC)cc2C1=O. The molecule has 1 aliphatic heterocycles. The van der Waals surface area contributed by atoms with Gasteiger partial charge in [-0.05, 0) is 30.7 Å². The minimum Gasteiger partial charge on any atom is -0.493 e. The van der Waals surface area contributed by atoms with Gasteiger partial charge in [-0.3, -0.25) is 19.3 Å². The van der Waals surface area contributed by atoms with E-state index >= 15 is 0 Å². The summed E-state index contributed by atoms with van der Waals surface area (Å²) >= 11 is 0. The van der Waals surface area contributed by atoms with E-state index in [-0.39, 0.29) is 23.6 Å². The summed E-state index contributed by atoms with van der Waals surface area (Å²) in [5.41, 5.74) is 1.59. The number of aromatic nitrogens is 2. The molecule has 3 aromatic rings. The second-order valence-electron chi connectivity index (χ2n) is 7.85. The monoisotopic (exact) mass is 478 g/mol. The number of ether oxygens (including phenoxy) is 3. The lowest BCUT2D eigenvalue weighted by atomic mass is 10.1. The average Bonchev–Trinajstić information content (AvgIpc) is 3.40. The van der Waals surface area contributed by atoms with E-state index in [9.17, 15) is 14.4 Å². The van der Waals surface area contributed by atoms with Crippen LogP contribution in [0.3, 0.4) is 0 Å². The van der Waals surface area contributed by atoms with Crippen LogP contribution in [-0.2, 0) is 11.3 Å². The molecule has 35 heavy (non-hydrogen) atoms. The Labute approximate surface area is 202 Å². The molecule has 10 heteroatoms. The van der Waals surface area contributed by atoms with E-state index in [4.69, 9.17) is 14.2 Å². The number of nitrogens with zero attached hydrogens (tertiary/aromatic N) is 3. The molecule has 0 spiro atoms. The zero-order valence-corrected chi connectivity index (χ0v) is 19.7. The van der Waals surface area contributed by atoms with Gasteiger partial charge in [0.2, 0.25) is 0 Å². The minimum absolute atomic E-state index is 0.217. The molecule has 0 aliphatic carbocycles. The van der Waals surface area contributed by atoms with Gasteiger partial charge < -0.3 is 19.5 Å². The number of para-hydroxylation sites is 1. The van der Waals surface area contributed by atoms with Gasteiger partial charge in [0, 0.05) is 37.5 Å². The Hall–Kier alpha value is -4.18. The van der Waals surface area contributed by atoms with E-state index in [2.05, 4.69) is 10.4 Å². The molecule has 0 saturated heterocycles. The van der Waals surface area contributed by atoms with E-state index in [1.54, 1.807) is 44.3 Å². The van der Waals surface area contributed by atoms with Crippen LogP contribution in [0.15, 0.2) is 48.7 Å². The van der Waals surface area contributed by atoms with E-state index in [0.717, 1.165) is 5.56 Å². The van der Waals surface area contributed by atoms with Crippen molar-refractivity contribution in [1.82, 2.24) is 14.7 Å². The molecule has 10 nitrogen and oxygen atoms in total. The first-order valence-corrected chi connectivity index (χ1v) is 11.0. The summed E-state index contributed by atoms with van der Waals surface area (Å²) < 4.78 is 17.5. The van der Waals surface area contributed by atoms with Crippen LogP contribution in [0, 0.1) is 0 Å². The van der Waals surface area contributed by atoms with Crippen molar-refractivity contribution >= 4 is 23.5 Å². The van der Waals surface area contributed by atoms with E-state index in [1.165, 1.54) is 23.1 Å². The highest BCUT2D eigenvalue weighted by molar-refractivity contribution is 6.22. The van der Waals surface area contributed by atoms with Crippen LogP contribution in [0.4, 0.5) is 5.82 Å². The Morgan fingerprint density at radius 2 is 1.80 bits per heavy atom. The second kappa shape index (κ2) is 10.4. The number of hydrogen-bond donors (Lipinski definition) is 1. The smallest absolute Gasteiger partial charge is 0.261 e. The summed E-state index contributed by atoms with van der Waals surface area (Å²) in [5, 5.41) is 7.13.